The smallest absolute Gasteiger partial charge is 0.410 e. The van der Waals surface area contributed by atoms with Gasteiger partial charge in [0.15, 0.2) is 0 Å². The van der Waals surface area contributed by atoms with Crippen LogP contribution in [0.15, 0.2) is 42.7 Å². The monoisotopic (exact) mass is 369 g/mol. The average molecular weight is 369 g/mol. The number of nitrogens with zero attached hydrogens (tertiary/aromatic N) is 4. The predicted molar refractivity (Wildman–Crippen MR) is 98.4 cm³/mol. The van der Waals surface area contributed by atoms with Crippen LogP contribution in [0.25, 0.3) is 5.69 Å². The topological polar surface area (TPSA) is 79.7 Å². The summed E-state index contributed by atoms with van der Waals surface area (Å²) in [7, 11) is 1.72. The Bertz CT molecular complexity index is 838. The molecule has 0 aliphatic carbocycles. The highest BCUT2D eigenvalue weighted by Crippen LogP contribution is 2.31. The van der Waals surface area contributed by atoms with E-state index in [1.165, 1.54) is 0 Å². The Kier molecular flexibility index (Phi) is 4.47. The first-order chi connectivity index (χ1) is 13.1. The Morgan fingerprint density at radius 1 is 1.30 bits per heavy atom. The van der Waals surface area contributed by atoms with Gasteiger partial charge >= 0.3 is 12.1 Å². The second kappa shape index (κ2) is 6.94. The third-order valence-corrected chi connectivity index (χ3v) is 5.14. The number of aromatic nitrogens is 2. The first-order valence-corrected chi connectivity index (χ1v) is 9.11. The summed E-state index contributed by atoms with van der Waals surface area (Å²) >= 11 is 0. The summed E-state index contributed by atoms with van der Waals surface area (Å²) in [5, 5.41) is 7.26. The van der Waals surface area contributed by atoms with Crippen LogP contribution < -0.4 is 5.32 Å². The Morgan fingerprint density at radius 3 is 2.89 bits per heavy atom. The number of nitrogens with one attached hydrogen (secondary N) is 1. The Labute approximate surface area is 157 Å². The molecule has 1 atom stereocenters. The first kappa shape index (κ1) is 17.4. The quantitative estimate of drug-likeness (QED) is 0.897. The zero-order chi connectivity index (χ0) is 18.9. The van der Waals surface area contributed by atoms with Crippen LogP contribution in [0.4, 0.5) is 9.59 Å². The van der Waals surface area contributed by atoms with E-state index in [0.717, 1.165) is 24.1 Å². The van der Waals surface area contributed by atoms with Gasteiger partial charge in [0.1, 0.15) is 5.60 Å². The van der Waals surface area contributed by atoms with Crippen molar-refractivity contribution in [1.82, 2.24) is 24.9 Å². The minimum absolute atomic E-state index is 0.144. The van der Waals surface area contributed by atoms with Crippen molar-refractivity contribution in [3.63, 3.8) is 0 Å². The van der Waals surface area contributed by atoms with E-state index in [0.29, 0.717) is 26.2 Å². The summed E-state index contributed by atoms with van der Waals surface area (Å²) in [6.45, 7) is 2.02. The van der Waals surface area contributed by atoms with Crippen molar-refractivity contribution >= 4 is 12.1 Å². The van der Waals surface area contributed by atoms with Crippen molar-refractivity contribution in [2.75, 3.05) is 26.7 Å². The van der Waals surface area contributed by atoms with Gasteiger partial charge in [-0.25, -0.2) is 14.3 Å². The number of carbonyl (C=O) groups excluding carboxylic acids is 2. The van der Waals surface area contributed by atoms with Gasteiger partial charge in [0.2, 0.25) is 0 Å². The lowest BCUT2D eigenvalue weighted by Gasteiger charge is -2.38. The highest BCUT2D eigenvalue weighted by molar-refractivity contribution is 5.75. The van der Waals surface area contributed by atoms with Crippen LogP contribution in [0.2, 0.25) is 0 Å². The number of likely N-dealkylation sites (N-methyl/N-ethyl adjacent to an activating group) is 1. The molecular weight excluding hydrogens is 346 g/mol. The van der Waals surface area contributed by atoms with E-state index in [1.807, 2.05) is 36.5 Å². The van der Waals surface area contributed by atoms with Crippen molar-refractivity contribution in [1.29, 1.82) is 0 Å². The second-order valence-electron chi connectivity index (χ2n) is 7.17. The summed E-state index contributed by atoms with van der Waals surface area (Å²) in [5.74, 6) is 0. The molecule has 1 aromatic carbocycles. The molecule has 2 fully saturated rings. The Hall–Kier alpha value is -3.03. The van der Waals surface area contributed by atoms with Gasteiger partial charge < -0.3 is 19.9 Å². The molecule has 8 heteroatoms. The second-order valence-corrected chi connectivity index (χ2v) is 7.17. The number of urea groups is 1. The van der Waals surface area contributed by atoms with E-state index in [4.69, 9.17) is 4.74 Å². The van der Waals surface area contributed by atoms with E-state index >= 15 is 0 Å². The number of piperidine rings is 1. The molecule has 0 bridgehead atoms. The maximum atomic E-state index is 12.7. The molecule has 3 amide bonds. The number of amides is 3. The highest BCUT2D eigenvalue weighted by Gasteiger charge is 2.47. The van der Waals surface area contributed by atoms with Crippen molar-refractivity contribution < 1.29 is 14.3 Å². The normalized spacial score (nSPS) is 22.2. The number of para-hydroxylation sites is 1. The number of carbonyl (C=O) groups is 2. The molecule has 2 aliphatic heterocycles. The van der Waals surface area contributed by atoms with Gasteiger partial charge in [0.05, 0.1) is 18.8 Å². The minimum Gasteiger partial charge on any atom is -0.439 e. The van der Waals surface area contributed by atoms with Crippen molar-refractivity contribution in [3.8, 4) is 5.69 Å². The fourth-order valence-electron chi connectivity index (χ4n) is 3.85. The van der Waals surface area contributed by atoms with E-state index in [-0.39, 0.29) is 12.1 Å². The molecule has 0 saturated carbocycles. The van der Waals surface area contributed by atoms with E-state index < -0.39 is 5.60 Å². The van der Waals surface area contributed by atoms with E-state index in [2.05, 4.69) is 10.4 Å². The number of hydrogen-bond acceptors (Lipinski definition) is 4. The first-order valence-electron chi connectivity index (χ1n) is 9.11. The summed E-state index contributed by atoms with van der Waals surface area (Å²) < 4.78 is 7.35. The molecule has 4 rings (SSSR count). The molecule has 1 aromatic heterocycles. The number of rotatable bonds is 3. The third-order valence-electron chi connectivity index (χ3n) is 5.14. The highest BCUT2D eigenvalue weighted by atomic mass is 16.6. The predicted octanol–water partition coefficient (Wildman–Crippen LogP) is 2.00. The summed E-state index contributed by atoms with van der Waals surface area (Å²) in [4.78, 5) is 27.8. The molecule has 2 aromatic rings. The van der Waals surface area contributed by atoms with Gasteiger partial charge in [-0.2, -0.15) is 5.10 Å². The van der Waals surface area contributed by atoms with Crippen LogP contribution in [0.5, 0.6) is 0 Å². The van der Waals surface area contributed by atoms with Gasteiger partial charge in [-0.05, 0) is 30.5 Å². The molecule has 0 unspecified atom stereocenters. The van der Waals surface area contributed by atoms with Crippen molar-refractivity contribution in [3.05, 3.63) is 48.3 Å². The summed E-state index contributed by atoms with van der Waals surface area (Å²) in [6.07, 6.45) is 4.89. The molecule has 2 saturated heterocycles. The van der Waals surface area contributed by atoms with Crippen molar-refractivity contribution in [2.45, 2.75) is 25.0 Å². The fraction of sp³-hybridized carbons (Fsp3) is 0.421. The van der Waals surface area contributed by atoms with Gasteiger partial charge in [-0.1, -0.05) is 18.2 Å². The molecule has 1 spiro atoms. The zero-order valence-corrected chi connectivity index (χ0v) is 15.3. The minimum atomic E-state index is -0.575. The van der Waals surface area contributed by atoms with E-state index in [1.54, 1.807) is 27.7 Å². The molecule has 8 nitrogen and oxygen atoms in total. The lowest BCUT2D eigenvalue weighted by Crippen LogP contribution is -2.54. The van der Waals surface area contributed by atoms with Crippen LogP contribution in [0.1, 0.15) is 18.4 Å². The van der Waals surface area contributed by atoms with Gasteiger partial charge in [-0.3, -0.25) is 0 Å². The maximum Gasteiger partial charge on any atom is 0.410 e. The molecule has 1 N–H and O–H groups in total. The molecule has 3 heterocycles. The number of benzene rings is 1. The summed E-state index contributed by atoms with van der Waals surface area (Å²) in [5.41, 5.74) is 1.34. The maximum absolute atomic E-state index is 12.7. The van der Waals surface area contributed by atoms with Crippen LogP contribution in [0, 0.1) is 0 Å². The largest absolute Gasteiger partial charge is 0.439 e. The molecule has 2 aliphatic rings. The number of ether oxygens (including phenoxy) is 1. The van der Waals surface area contributed by atoms with E-state index in [9.17, 15) is 9.59 Å². The lowest BCUT2D eigenvalue weighted by molar-refractivity contribution is 0.00318. The molecular formula is C19H23N5O3. The Morgan fingerprint density at radius 2 is 2.15 bits per heavy atom. The zero-order valence-electron chi connectivity index (χ0n) is 15.3. The van der Waals surface area contributed by atoms with Gasteiger partial charge in [-0.15, -0.1) is 0 Å². The molecule has 0 radical (unpaired) electrons. The average Bonchev–Trinajstić information content (AvgIpc) is 3.29. The number of likely N-dealkylation sites (tertiary alicyclic amines) is 1. The van der Waals surface area contributed by atoms with Gasteiger partial charge in [0, 0.05) is 32.5 Å². The standard InChI is InChI=1S/C19H23N5O3/c1-22-13-19(27-18(22)26)8-4-10-23(14-19)17(25)20-12-15-6-2-3-7-16(15)24-11-5-9-21-24/h2-3,5-7,9,11H,4,8,10,12-14H2,1H3,(H,20,25)/t19-/m1/s1. The number of hydrogen-bond donors (Lipinski definition) is 1. The SMILES string of the molecule is CN1C[C@@]2(CCCN(C(=O)NCc3ccccc3-n3cccn3)C2)OC1=O. The van der Waals surface area contributed by atoms with Crippen LogP contribution >= 0.6 is 0 Å². The van der Waals surface area contributed by atoms with Crippen LogP contribution in [-0.2, 0) is 11.3 Å². The summed E-state index contributed by atoms with van der Waals surface area (Å²) in [6, 6.07) is 9.55. The van der Waals surface area contributed by atoms with Crippen molar-refractivity contribution in [2.24, 2.45) is 0 Å². The van der Waals surface area contributed by atoms with Crippen LogP contribution in [0.3, 0.4) is 0 Å². The molecule has 142 valence electrons. The third kappa shape index (κ3) is 3.47. The van der Waals surface area contributed by atoms with Crippen LogP contribution in [-0.4, -0.2) is 64.0 Å². The van der Waals surface area contributed by atoms with Gasteiger partial charge in [0.25, 0.3) is 0 Å². The fourth-order valence-corrected chi connectivity index (χ4v) is 3.85. The Balaban J connectivity index is 1.41. The molecule has 27 heavy (non-hydrogen) atoms. The lowest BCUT2D eigenvalue weighted by atomic mass is 9.93.